The van der Waals surface area contributed by atoms with Crippen LogP contribution >= 0.6 is 0 Å². The first-order valence-corrected chi connectivity index (χ1v) is 3.39. The van der Waals surface area contributed by atoms with Gasteiger partial charge >= 0.3 is 0 Å². The second-order valence-electron chi connectivity index (χ2n) is 2.45. The summed E-state index contributed by atoms with van der Waals surface area (Å²) in [6, 6.07) is 0. The molecule has 0 spiro atoms. The van der Waals surface area contributed by atoms with E-state index < -0.39 is 0 Å². The zero-order valence-corrected chi connectivity index (χ0v) is 5.27. The van der Waals surface area contributed by atoms with Gasteiger partial charge in [0, 0.05) is 0 Å². The molecule has 44 valence electrons. The van der Waals surface area contributed by atoms with E-state index in [1.54, 1.807) is 0 Å². The van der Waals surface area contributed by atoms with Gasteiger partial charge in [-0.2, -0.15) is 0 Å². The third-order valence-electron chi connectivity index (χ3n) is 1.64. The molecule has 0 unspecified atom stereocenters. The molecule has 1 aliphatic heterocycles. The Hall–Kier alpha value is 0.0249. The standard InChI is InChI=1S/C6H12BN/c7-8-5-3-1-2-4-6-8/h1-6H2. The molecular weight excluding hydrogens is 96.9 g/mol. The van der Waals surface area contributed by atoms with E-state index in [1.165, 1.54) is 25.7 Å². The predicted molar refractivity (Wildman–Crippen MR) is 35.8 cm³/mol. The van der Waals surface area contributed by atoms with E-state index in [-0.39, 0.29) is 0 Å². The van der Waals surface area contributed by atoms with Crippen molar-refractivity contribution in [3.8, 4) is 0 Å². The van der Waals surface area contributed by atoms with Crippen molar-refractivity contribution in [1.82, 2.24) is 4.81 Å². The highest BCUT2D eigenvalue weighted by atomic mass is 15.0. The lowest BCUT2D eigenvalue weighted by Gasteiger charge is -2.11. The lowest BCUT2D eigenvalue weighted by atomic mass is 10.2. The largest absolute Gasteiger partial charge is 0.353 e. The fourth-order valence-corrected chi connectivity index (χ4v) is 1.10. The number of nitrogens with zero attached hydrogens (tertiary/aromatic N) is 1. The van der Waals surface area contributed by atoms with Gasteiger partial charge < -0.3 is 4.81 Å². The molecule has 0 bridgehead atoms. The predicted octanol–water partition coefficient (Wildman–Crippen LogP) is 0.946. The van der Waals surface area contributed by atoms with E-state index in [0.29, 0.717) is 0 Å². The van der Waals surface area contributed by atoms with Crippen molar-refractivity contribution >= 4 is 7.98 Å². The van der Waals surface area contributed by atoms with Crippen LogP contribution < -0.4 is 0 Å². The SMILES string of the molecule is [B]N1CCCCCC1. The van der Waals surface area contributed by atoms with Crippen molar-refractivity contribution in [2.24, 2.45) is 0 Å². The molecular formula is C6H12BN. The molecule has 0 aromatic heterocycles. The number of hydrogen-bond acceptors (Lipinski definition) is 1. The van der Waals surface area contributed by atoms with Gasteiger partial charge in [-0.3, -0.25) is 0 Å². The Morgan fingerprint density at radius 3 is 1.88 bits per heavy atom. The van der Waals surface area contributed by atoms with Gasteiger partial charge in [-0.05, 0) is 25.9 Å². The summed E-state index contributed by atoms with van der Waals surface area (Å²) in [5.41, 5.74) is 0. The molecule has 0 saturated carbocycles. The molecule has 2 heteroatoms. The Morgan fingerprint density at radius 2 is 1.38 bits per heavy atom. The first kappa shape index (κ1) is 6.15. The van der Waals surface area contributed by atoms with Gasteiger partial charge in [0.05, 0.1) is 0 Å². The summed E-state index contributed by atoms with van der Waals surface area (Å²) in [6.07, 6.45) is 5.31. The zero-order chi connectivity index (χ0) is 5.82. The lowest BCUT2D eigenvalue weighted by molar-refractivity contribution is 0.471. The van der Waals surface area contributed by atoms with Crippen LogP contribution in [0.1, 0.15) is 25.7 Å². The summed E-state index contributed by atoms with van der Waals surface area (Å²) in [4.78, 5) is 1.92. The summed E-state index contributed by atoms with van der Waals surface area (Å²) >= 11 is 0. The molecule has 2 radical (unpaired) electrons. The van der Waals surface area contributed by atoms with Crippen LogP contribution in [-0.2, 0) is 0 Å². The van der Waals surface area contributed by atoms with Crippen molar-refractivity contribution in [3.63, 3.8) is 0 Å². The summed E-state index contributed by atoms with van der Waals surface area (Å²) in [6.45, 7) is 2.19. The van der Waals surface area contributed by atoms with Crippen molar-refractivity contribution in [2.45, 2.75) is 25.7 Å². The third kappa shape index (κ3) is 1.87. The highest BCUT2D eigenvalue weighted by molar-refractivity contribution is 6.04. The van der Waals surface area contributed by atoms with E-state index in [9.17, 15) is 0 Å². The van der Waals surface area contributed by atoms with Crippen LogP contribution in [0.4, 0.5) is 0 Å². The highest BCUT2D eigenvalue weighted by Gasteiger charge is 2.01. The first-order valence-electron chi connectivity index (χ1n) is 3.39. The molecule has 1 nitrogen and oxygen atoms in total. The van der Waals surface area contributed by atoms with E-state index in [1.807, 2.05) is 4.81 Å². The van der Waals surface area contributed by atoms with Crippen LogP contribution in [0.5, 0.6) is 0 Å². The molecule has 0 aliphatic carbocycles. The van der Waals surface area contributed by atoms with Gasteiger partial charge in [-0.25, -0.2) is 0 Å². The van der Waals surface area contributed by atoms with E-state index >= 15 is 0 Å². The van der Waals surface area contributed by atoms with Crippen molar-refractivity contribution in [1.29, 1.82) is 0 Å². The molecule has 1 fully saturated rings. The smallest absolute Gasteiger partial charge is 0.182 e. The molecule has 0 amide bonds. The second kappa shape index (κ2) is 3.13. The number of rotatable bonds is 0. The van der Waals surface area contributed by atoms with Gasteiger partial charge in [0.1, 0.15) is 0 Å². The van der Waals surface area contributed by atoms with Gasteiger partial charge in [-0.1, -0.05) is 12.8 Å². The minimum Gasteiger partial charge on any atom is -0.353 e. The third-order valence-corrected chi connectivity index (χ3v) is 1.64. The van der Waals surface area contributed by atoms with Gasteiger partial charge in [0.15, 0.2) is 7.98 Å². The summed E-state index contributed by atoms with van der Waals surface area (Å²) < 4.78 is 0. The Morgan fingerprint density at radius 1 is 0.875 bits per heavy atom. The maximum atomic E-state index is 5.57. The lowest BCUT2D eigenvalue weighted by Crippen LogP contribution is -2.20. The minimum atomic E-state index is 1.10. The molecule has 0 aromatic carbocycles. The Balaban J connectivity index is 2.17. The van der Waals surface area contributed by atoms with Gasteiger partial charge in [0.2, 0.25) is 0 Å². The fraction of sp³-hybridized carbons (Fsp3) is 1.00. The summed E-state index contributed by atoms with van der Waals surface area (Å²) in [7, 11) is 5.57. The Kier molecular flexibility index (Phi) is 2.41. The van der Waals surface area contributed by atoms with Crippen LogP contribution in [0.25, 0.3) is 0 Å². The maximum absolute atomic E-state index is 5.57. The number of hydrogen-bond donors (Lipinski definition) is 0. The maximum Gasteiger partial charge on any atom is 0.182 e. The molecule has 0 aromatic rings. The Labute approximate surface area is 52.5 Å². The molecule has 8 heavy (non-hydrogen) atoms. The average Bonchev–Trinajstić information content (AvgIpc) is 1.94. The average molecular weight is 109 g/mol. The van der Waals surface area contributed by atoms with E-state index in [2.05, 4.69) is 0 Å². The highest BCUT2D eigenvalue weighted by Crippen LogP contribution is 2.06. The zero-order valence-electron chi connectivity index (χ0n) is 5.27. The van der Waals surface area contributed by atoms with Crippen LogP contribution in [-0.4, -0.2) is 25.9 Å². The quantitative estimate of drug-likeness (QED) is 0.418. The molecule has 1 saturated heterocycles. The summed E-state index contributed by atoms with van der Waals surface area (Å²) in [5, 5.41) is 0. The monoisotopic (exact) mass is 109 g/mol. The fourth-order valence-electron chi connectivity index (χ4n) is 1.10. The molecule has 1 aliphatic rings. The van der Waals surface area contributed by atoms with Crippen molar-refractivity contribution in [2.75, 3.05) is 13.1 Å². The first-order chi connectivity index (χ1) is 3.89. The normalized spacial score (nSPS) is 25.0. The second-order valence-corrected chi connectivity index (χ2v) is 2.45. The molecule has 1 heterocycles. The van der Waals surface area contributed by atoms with Crippen LogP contribution in [0.15, 0.2) is 0 Å². The van der Waals surface area contributed by atoms with E-state index in [4.69, 9.17) is 7.98 Å². The van der Waals surface area contributed by atoms with Crippen molar-refractivity contribution < 1.29 is 0 Å². The molecule has 1 rings (SSSR count). The van der Waals surface area contributed by atoms with Crippen LogP contribution in [0.3, 0.4) is 0 Å². The van der Waals surface area contributed by atoms with Crippen molar-refractivity contribution in [3.05, 3.63) is 0 Å². The summed E-state index contributed by atoms with van der Waals surface area (Å²) in [5.74, 6) is 0. The van der Waals surface area contributed by atoms with Crippen LogP contribution in [0, 0.1) is 0 Å². The Bertz CT molecular complexity index is 57.5. The van der Waals surface area contributed by atoms with E-state index in [0.717, 1.165) is 13.1 Å². The molecule has 0 N–H and O–H groups in total. The van der Waals surface area contributed by atoms with Gasteiger partial charge in [-0.15, -0.1) is 0 Å². The van der Waals surface area contributed by atoms with Crippen LogP contribution in [0.2, 0.25) is 0 Å². The molecule has 0 atom stereocenters. The minimum absolute atomic E-state index is 1.10. The van der Waals surface area contributed by atoms with Gasteiger partial charge in [0.25, 0.3) is 0 Å². The topological polar surface area (TPSA) is 3.24 Å².